The van der Waals surface area contributed by atoms with E-state index in [-0.39, 0.29) is 5.69 Å². The number of carbonyl (C=O) groups is 2. The number of hydrogen-bond donors (Lipinski definition) is 1. The number of nitrogens with zero attached hydrogens (tertiary/aromatic N) is 1. The predicted molar refractivity (Wildman–Crippen MR) is 64.6 cm³/mol. The van der Waals surface area contributed by atoms with Crippen LogP contribution in [-0.4, -0.2) is 24.4 Å². The van der Waals surface area contributed by atoms with Crippen LogP contribution in [0.15, 0.2) is 36.9 Å². The molecule has 5 nitrogen and oxygen atoms in total. The Hall–Kier alpha value is -2.64. The average Bonchev–Trinajstić information content (AvgIpc) is 2.38. The topological polar surface area (TPSA) is 70.5 Å². The van der Waals surface area contributed by atoms with Crippen LogP contribution in [0.1, 0.15) is 0 Å². The van der Waals surface area contributed by atoms with Crippen LogP contribution in [0.5, 0.6) is 5.75 Å². The minimum absolute atomic E-state index is 0.00192. The molecule has 20 heavy (non-hydrogen) atoms. The minimum Gasteiger partial charge on any atom is -0.406 e. The summed E-state index contributed by atoms with van der Waals surface area (Å²) in [6.45, 7) is 3.20. The fourth-order valence-electron chi connectivity index (χ4n) is 1.32. The first kappa shape index (κ1) is 15.4. The summed E-state index contributed by atoms with van der Waals surface area (Å²) in [5.74, 6) is -2.24. The third-order valence-electron chi connectivity index (χ3n) is 2.07. The van der Waals surface area contributed by atoms with Crippen LogP contribution in [0, 0.1) is 5.41 Å². The smallest absolute Gasteiger partial charge is 0.406 e. The van der Waals surface area contributed by atoms with Crippen LogP contribution < -0.4 is 9.64 Å². The van der Waals surface area contributed by atoms with E-state index in [0.717, 1.165) is 30.3 Å². The van der Waals surface area contributed by atoms with E-state index in [1.807, 2.05) is 0 Å². The summed E-state index contributed by atoms with van der Waals surface area (Å²) < 4.78 is 39.6. The molecular weight excluding hydrogens is 277 g/mol. The minimum atomic E-state index is -4.83. The third kappa shape index (κ3) is 3.94. The molecule has 0 aliphatic rings. The van der Waals surface area contributed by atoms with Gasteiger partial charge in [-0.15, -0.1) is 13.2 Å². The van der Waals surface area contributed by atoms with Crippen molar-refractivity contribution in [2.45, 2.75) is 6.36 Å². The number of halogens is 3. The first-order valence-corrected chi connectivity index (χ1v) is 5.15. The van der Waals surface area contributed by atoms with E-state index in [1.165, 1.54) is 0 Å². The van der Waals surface area contributed by atoms with Crippen LogP contribution in [0.3, 0.4) is 0 Å². The van der Waals surface area contributed by atoms with Crippen LogP contribution >= 0.6 is 0 Å². The normalized spacial score (nSPS) is 10.6. The largest absolute Gasteiger partial charge is 0.573 e. The molecule has 0 bridgehead atoms. The molecule has 106 valence electrons. The quantitative estimate of drug-likeness (QED) is 0.682. The Morgan fingerprint density at radius 2 is 1.75 bits per heavy atom. The first-order chi connectivity index (χ1) is 9.28. The highest BCUT2D eigenvalue weighted by molar-refractivity contribution is 6.39. The zero-order valence-electron chi connectivity index (χ0n) is 9.98. The predicted octanol–water partition coefficient (Wildman–Crippen LogP) is 2.28. The van der Waals surface area contributed by atoms with Gasteiger partial charge in [0.1, 0.15) is 5.75 Å². The number of amides is 2. The second-order valence-electron chi connectivity index (χ2n) is 3.40. The fraction of sp³-hybridized carbons (Fsp3) is 0.0833. The Balaban J connectivity index is 3.05. The number of anilines is 1. The lowest BCUT2D eigenvalue weighted by Gasteiger charge is -2.17. The molecule has 0 aliphatic heterocycles. The highest BCUT2D eigenvalue weighted by Crippen LogP contribution is 2.25. The van der Waals surface area contributed by atoms with Crippen LogP contribution in [0.2, 0.25) is 0 Å². The number of ether oxygens (including phenoxy) is 1. The van der Waals surface area contributed by atoms with Gasteiger partial charge < -0.3 is 10.1 Å². The van der Waals surface area contributed by atoms with Crippen molar-refractivity contribution in [2.24, 2.45) is 0 Å². The molecule has 1 rings (SSSR count). The number of rotatable bonds is 4. The summed E-state index contributed by atoms with van der Waals surface area (Å²) in [5, 5.41) is 6.84. The zero-order valence-corrected chi connectivity index (χ0v) is 9.98. The lowest BCUT2D eigenvalue weighted by molar-refractivity contribution is -0.274. The van der Waals surface area contributed by atoms with Gasteiger partial charge in [-0.05, 0) is 30.3 Å². The summed E-state index contributed by atoms with van der Waals surface area (Å²) in [7, 11) is 0. The zero-order chi connectivity index (χ0) is 15.3. The highest BCUT2D eigenvalue weighted by atomic mass is 19.4. The van der Waals surface area contributed by atoms with Gasteiger partial charge in [-0.3, -0.25) is 9.59 Å². The fourth-order valence-corrected chi connectivity index (χ4v) is 1.32. The van der Waals surface area contributed by atoms with Crippen LogP contribution in [0.25, 0.3) is 0 Å². The van der Waals surface area contributed by atoms with Crippen molar-refractivity contribution in [3.8, 4) is 5.75 Å². The van der Waals surface area contributed by atoms with Gasteiger partial charge in [0, 0.05) is 0 Å². The van der Waals surface area contributed by atoms with Gasteiger partial charge in [-0.2, -0.15) is 0 Å². The van der Waals surface area contributed by atoms with Crippen molar-refractivity contribution in [3.05, 3.63) is 36.9 Å². The molecule has 0 aliphatic carbocycles. The number of nitrogens with one attached hydrogen (secondary N) is 1. The van der Waals surface area contributed by atoms with Crippen molar-refractivity contribution in [1.29, 1.82) is 5.41 Å². The molecule has 0 saturated carbocycles. The van der Waals surface area contributed by atoms with Crippen molar-refractivity contribution < 1.29 is 27.5 Å². The molecule has 2 amide bonds. The summed E-state index contributed by atoms with van der Waals surface area (Å²) in [5.41, 5.74) is -0.00192. The molecule has 0 saturated heterocycles. The van der Waals surface area contributed by atoms with Gasteiger partial charge in [0.15, 0.2) is 0 Å². The van der Waals surface area contributed by atoms with Crippen LogP contribution in [0.4, 0.5) is 18.9 Å². The Morgan fingerprint density at radius 1 is 1.20 bits per heavy atom. The summed E-state index contributed by atoms with van der Waals surface area (Å²) >= 11 is 0. The van der Waals surface area contributed by atoms with Gasteiger partial charge in [0.05, 0.1) is 11.9 Å². The first-order valence-electron chi connectivity index (χ1n) is 5.15. The number of alkyl halides is 3. The van der Waals surface area contributed by atoms with E-state index >= 15 is 0 Å². The van der Waals surface area contributed by atoms with E-state index in [0.29, 0.717) is 11.1 Å². The maximum Gasteiger partial charge on any atom is 0.573 e. The van der Waals surface area contributed by atoms with Gasteiger partial charge in [-0.25, -0.2) is 4.90 Å². The van der Waals surface area contributed by atoms with Crippen molar-refractivity contribution in [3.63, 3.8) is 0 Å². The van der Waals surface area contributed by atoms with E-state index in [4.69, 9.17) is 5.41 Å². The molecular formula is C12H9F3N2O3. The van der Waals surface area contributed by atoms with Crippen LogP contribution in [-0.2, 0) is 9.59 Å². The van der Waals surface area contributed by atoms with Crippen molar-refractivity contribution in [1.82, 2.24) is 0 Å². The third-order valence-corrected chi connectivity index (χ3v) is 2.07. The monoisotopic (exact) mass is 286 g/mol. The van der Waals surface area contributed by atoms with E-state index in [1.54, 1.807) is 0 Å². The molecule has 0 unspecified atom stereocenters. The molecule has 1 N–H and O–H groups in total. The highest BCUT2D eigenvalue weighted by Gasteiger charge is 2.31. The standard InChI is InChI=1S/C12H9F3N2O3/c1-2-10(18)17(11(19)7-16)8-3-5-9(6-4-8)20-12(13,14)15/h2-7,16H,1H2. The molecule has 8 heteroatoms. The molecule has 1 aromatic rings. The molecule has 0 atom stereocenters. The maximum atomic E-state index is 12.0. The lowest BCUT2D eigenvalue weighted by atomic mass is 10.2. The van der Waals surface area contributed by atoms with Crippen molar-refractivity contribution >= 4 is 23.7 Å². The molecule has 1 aromatic carbocycles. The Labute approximate surface area is 111 Å². The molecule has 0 fully saturated rings. The lowest BCUT2D eigenvalue weighted by Crippen LogP contribution is -2.36. The van der Waals surface area contributed by atoms with Gasteiger partial charge in [0.25, 0.3) is 11.8 Å². The Bertz CT molecular complexity index is 518. The molecule has 0 aromatic heterocycles. The number of imide groups is 1. The Kier molecular flexibility index (Phi) is 4.63. The van der Waals surface area contributed by atoms with E-state index < -0.39 is 23.9 Å². The summed E-state index contributed by atoms with van der Waals surface area (Å²) in [6.07, 6.45) is -3.58. The summed E-state index contributed by atoms with van der Waals surface area (Å²) in [4.78, 5) is 23.5. The van der Waals surface area contributed by atoms with Gasteiger partial charge in [-0.1, -0.05) is 6.58 Å². The number of carbonyl (C=O) groups excluding carboxylic acids is 2. The number of benzene rings is 1. The average molecular weight is 286 g/mol. The van der Waals surface area contributed by atoms with E-state index in [9.17, 15) is 22.8 Å². The second-order valence-corrected chi connectivity index (χ2v) is 3.40. The molecule has 0 radical (unpaired) electrons. The summed E-state index contributed by atoms with van der Waals surface area (Å²) in [6, 6.07) is 4.07. The second kappa shape index (κ2) is 6.00. The SMILES string of the molecule is C=CC(=O)N(C(=O)C=N)c1ccc(OC(F)(F)F)cc1. The Morgan fingerprint density at radius 3 is 2.15 bits per heavy atom. The van der Waals surface area contributed by atoms with Crippen molar-refractivity contribution in [2.75, 3.05) is 4.90 Å². The van der Waals surface area contributed by atoms with Gasteiger partial charge in [0.2, 0.25) is 0 Å². The van der Waals surface area contributed by atoms with Gasteiger partial charge >= 0.3 is 6.36 Å². The number of hydrogen-bond acceptors (Lipinski definition) is 4. The molecule has 0 heterocycles. The van der Waals surface area contributed by atoms with E-state index in [2.05, 4.69) is 11.3 Å². The maximum absolute atomic E-state index is 12.0. The molecule has 0 spiro atoms.